The summed E-state index contributed by atoms with van der Waals surface area (Å²) in [4.78, 5) is -1.33. The van der Waals surface area contributed by atoms with Crippen LogP contribution in [0.3, 0.4) is 0 Å². The Labute approximate surface area is 55.8 Å². The Hall–Kier alpha value is 0.300. The zero-order valence-corrected chi connectivity index (χ0v) is 6.37. The van der Waals surface area contributed by atoms with E-state index in [1.165, 1.54) is 4.90 Å². The summed E-state index contributed by atoms with van der Waals surface area (Å²) in [5, 5.41) is 0. The first kappa shape index (κ1) is 8.30. The van der Waals surface area contributed by atoms with Gasteiger partial charge < -0.3 is 4.90 Å². The molecule has 0 aliphatic rings. The Balaban J connectivity index is 3.39. The summed E-state index contributed by atoms with van der Waals surface area (Å²) in [6.45, 7) is -0.257. The number of halogens is 3. The third kappa shape index (κ3) is 6.30. The molecule has 8 heavy (non-hydrogen) atoms. The normalized spacial score (nSPS) is 12.8. The van der Waals surface area contributed by atoms with E-state index in [4.69, 9.17) is 0 Å². The van der Waals surface area contributed by atoms with E-state index in [1.807, 2.05) is 0 Å². The Morgan fingerprint density at radius 2 is 1.88 bits per heavy atom. The van der Waals surface area contributed by atoms with Crippen LogP contribution in [0.4, 0.5) is 8.78 Å². The highest BCUT2D eigenvalue weighted by Crippen LogP contribution is 2.21. The second-order valence-electron chi connectivity index (χ2n) is 1.85. The Kier molecular flexibility index (Phi) is 2.83. The predicted octanol–water partition coefficient (Wildman–Crippen LogP) is 1.54. The van der Waals surface area contributed by atoms with Gasteiger partial charge in [-0.15, -0.1) is 0 Å². The first-order valence-electron chi connectivity index (χ1n) is 2.13. The maximum atomic E-state index is 11.8. The average Bonchev–Trinajstić information content (AvgIpc) is 1.21. The van der Waals surface area contributed by atoms with Gasteiger partial charge in [0.05, 0.1) is 6.54 Å². The zero-order chi connectivity index (χ0) is 6.78. The highest BCUT2D eigenvalue weighted by molar-refractivity contribution is 9.10. The van der Waals surface area contributed by atoms with E-state index in [9.17, 15) is 8.78 Å². The van der Waals surface area contributed by atoms with Crippen LogP contribution in [0.15, 0.2) is 0 Å². The van der Waals surface area contributed by atoms with Crippen LogP contribution in [0.5, 0.6) is 0 Å². The number of hydrogen-bond donors (Lipinski definition) is 0. The third-order valence-electron chi connectivity index (χ3n) is 0.496. The summed E-state index contributed by atoms with van der Waals surface area (Å²) < 4.78 is 23.7. The first-order valence-corrected chi connectivity index (χ1v) is 2.92. The summed E-state index contributed by atoms with van der Waals surface area (Å²) in [5.41, 5.74) is 0. The van der Waals surface area contributed by atoms with Gasteiger partial charge in [0.1, 0.15) is 0 Å². The minimum absolute atomic E-state index is 0.257. The fourth-order valence-corrected chi connectivity index (χ4v) is 0.860. The molecule has 0 rings (SSSR count). The Morgan fingerprint density at radius 1 is 1.50 bits per heavy atom. The van der Waals surface area contributed by atoms with Crippen LogP contribution in [-0.2, 0) is 0 Å². The van der Waals surface area contributed by atoms with Gasteiger partial charge in [-0.05, 0) is 30.0 Å². The number of rotatable bonds is 2. The molecule has 0 aromatic rings. The molecule has 4 heteroatoms. The van der Waals surface area contributed by atoms with Gasteiger partial charge in [0.15, 0.2) is 0 Å². The quantitative estimate of drug-likeness (QED) is 0.594. The molecule has 0 bridgehead atoms. The molecule has 0 amide bonds. The molecule has 0 aliphatic carbocycles. The van der Waals surface area contributed by atoms with Crippen molar-refractivity contribution in [2.45, 2.75) is 4.83 Å². The monoisotopic (exact) mass is 187 g/mol. The molecular weight excluding hydrogens is 180 g/mol. The molecule has 0 aromatic heterocycles. The van der Waals surface area contributed by atoms with E-state index in [2.05, 4.69) is 15.9 Å². The molecular formula is C4H8BrF2N. The van der Waals surface area contributed by atoms with Crippen molar-refractivity contribution >= 4 is 15.9 Å². The minimum Gasteiger partial charge on any atom is -0.303 e. The highest BCUT2D eigenvalue weighted by atomic mass is 79.9. The summed E-state index contributed by atoms with van der Waals surface area (Å²) in [6.07, 6.45) is 0. The van der Waals surface area contributed by atoms with Crippen molar-refractivity contribution in [3.63, 3.8) is 0 Å². The lowest BCUT2D eigenvalue weighted by Gasteiger charge is -2.13. The summed E-state index contributed by atoms with van der Waals surface area (Å²) in [7, 11) is 3.18. The van der Waals surface area contributed by atoms with Crippen molar-refractivity contribution in [3.8, 4) is 0 Å². The fourth-order valence-electron chi connectivity index (χ4n) is 0.359. The molecule has 0 heterocycles. The van der Waals surface area contributed by atoms with Crippen LogP contribution in [0.1, 0.15) is 0 Å². The predicted molar refractivity (Wildman–Crippen MR) is 32.4 cm³/mol. The molecule has 0 N–H and O–H groups in total. The van der Waals surface area contributed by atoms with Crippen molar-refractivity contribution in [3.05, 3.63) is 0 Å². The van der Waals surface area contributed by atoms with Crippen LogP contribution in [-0.4, -0.2) is 30.4 Å². The van der Waals surface area contributed by atoms with E-state index >= 15 is 0 Å². The van der Waals surface area contributed by atoms with Crippen molar-refractivity contribution < 1.29 is 8.78 Å². The summed E-state index contributed by atoms with van der Waals surface area (Å²) in [5.74, 6) is 0. The molecule has 0 aromatic carbocycles. The van der Waals surface area contributed by atoms with E-state index in [0.717, 1.165) is 0 Å². The van der Waals surface area contributed by atoms with E-state index in [1.54, 1.807) is 14.1 Å². The van der Waals surface area contributed by atoms with Crippen molar-refractivity contribution in [1.29, 1.82) is 0 Å². The highest BCUT2D eigenvalue weighted by Gasteiger charge is 2.23. The van der Waals surface area contributed by atoms with Gasteiger partial charge in [-0.25, -0.2) is 0 Å². The molecule has 0 fully saturated rings. The molecule has 0 aliphatic heterocycles. The van der Waals surface area contributed by atoms with Gasteiger partial charge in [0, 0.05) is 0 Å². The maximum absolute atomic E-state index is 11.8. The zero-order valence-electron chi connectivity index (χ0n) is 4.79. The van der Waals surface area contributed by atoms with Crippen molar-refractivity contribution in [1.82, 2.24) is 4.90 Å². The first-order chi connectivity index (χ1) is 3.42. The lowest BCUT2D eigenvalue weighted by Crippen LogP contribution is -2.26. The lowest BCUT2D eigenvalue weighted by molar-refractivity contribution is 0.0810. The topological polar surface area (TPSA) is 3.24 Å². The molecule has 0 saturated heterocycles. The van der Waals surface area contributed by atoms with Gasteiger partial charge in [-0.3, -0.25) is 0 Å². The van der Waals surface area contributed by atoms with Crippen LogP contribution in [0.2, 0.25) is 0 Å². The number of nitrogens with zero attached hydrogens (tertiary/aromatic N) is 1. The molecule has 50 valence electrons. The second-order valence-corrected chi connectivity index (χ2v) is 3.01. The minimum atomic E-state index is -2.74. The van der Waals surface area contributed by atoms with Crippen LogP contribution in [0, 0.1) is 0 Å². The van der Waals surface area contributed by atoms with Gasteiger partial charge >= 0.3 is 4.83 Å². The Bertz CT molecular complexity index is 68.9. The molecule has 1 nitrogen and oxygen atoms in total. The molecule has 0 saturated carbocycles. The smallest absolute Gasteiger partial charge is 0.303 e. The number of hydrogen-bond acceptors (Lipinski definition) is 1. The largest absolute Gasteiger partial charge is 0.313 e. The molecule has 0 atom stereocenters. The van der Waals surface area contributed by atoms with E-state index < -0.39 is 4.83 Å². The van der Waals surface area contributed by atoms with Crippen LogP contribution in [0.25, 0.3) is 0 Å². The third-order valence-corrected chi connectivity index (χ3v) is 0.746. The number of alkyl halides is 3. The van der Waals surface area contributed by atoms with Crippen LogP contribution >= 0.6 is 15.9 Å². The van der Waals surface area contributed by atoms with E-state index in [-0.39, 0.29) is 6.54 Å². The van der Waals surface area contributed by atoms with E-state index in [0.29, 0.717) is 0 Å². The Morgan fingerprint density at radius 3 is 1.88 bits per heavy atom. The average molecular weight is 188 g/mol. The fraction of sp³-hybridized carbons (Fsp3) is 1.00. The van der Waals surface area contributed by atoms with Gasteiger partial charge in [0.25, 0.3) is 0 Å². The van der Waals surface area contributed by atoms with Gasteiger partial charge in [-0.1, -0.05) is 0 Å². The van der Waals surface area contributed by atoms with Gasteiger partial charge in [0.2, 0.25) is 0 Å². The summed E-state index contributed by atoms with van der Waals surface area (Å²) >= 11 is 2.20. The standard InChI is InChI=1S/C4H8BrF2N/c1-8(2)3-4(5,6)7/h3H2,1-2H3. The van der Waals surface area contributed by atoms with Crippen LogP contribution < -0.4 is 0 Å². The maximum Gasteiger partial charge on any atom is 0.313 e. The lowest BCUT2D eigenvalue weighted by atomic mass is 10.6. The van der Waals surface area contributed by atoms with Gasteiger partial charge in [-0.2, -0.15) is 8.78 Å². The summed E-state index contributed by atoms with van der Waals surface area (Å²) in [6, 6.07) is 0. The van der Waals surface area contributed by atoms with Crippen molar-refractivity contribution in [2.24, 2.45) is 0 Å². The molecule has 0 unspecified atom stereocenters. The van der Waals surface area contributed by atoms with Crippen molar-refractivity contribution in [2.75, 3.05) is 20.6 Å². The second kappa shape index (κ2) is 2.73. The molecule has 0 radical (unpaired) electrons. The molecule has 0 spiro atoms. The SMILES string of the molecule is CN(C)CC(F)(F)Br.